The van der Waals surface area contributed by atoms with E-state index in [9.17, 15) is 4.39 Å². The zero-order chi connectivity index (χ0) is 14.0. The first-order valence-electron chi connectivity index (χ1n) is 7.36. The molecule has 0 N–H and O–H groups in total. The van der Waals surface area contributed by atoms with Crippen molar-refractivity contribution in [2.75, 3.05) is 0 Å². The average Bonchev–Trinajstić information content (AvgIpc) is 2.34. The highest BCUT2D eigenvalue weighted by Gasteiger charge is 2.30. The van der Waals surface area contributed by atoms with Crippen LogP contribution in [-0.2, 0) is 6.42 Å². The van der Waals surface area contributed by atoms with Crippen LogP contribution in [-0.4, -0.2) is 4.83 Å². The smallest absolute Gasteiger partial charge is 0.123 e. The molecule has 1 saturated carbocycles. The van der Waals surface area contributed by atoms with Crippen LogP contribution < -0.4 is 0 Å². The molecule has 106 valence electrons. The van der Waals surface area contributed by atoms with E-state index in [-0.39, 0.29) is 5.82 Å². The Balaban J connectivity index is 2.07. The SMILES string of the molecule is Cc1cc(F)ccc1CC1CC(C(C)C)CCC1Br. The first-order chi connectivity index (χ1) is 8.97. The summed E-state index contributed by atoms with van der Waals surface area (Å²) in [5.74, 6) is 2.18. The van der Waals surface area contributed by atoms with Crippen molar-refractivity contribution in [1.29, 1.82) is 0 Å². The van der Waals surface area contributed by atoms with Crippen molar-refractivity contribution in [1.82, 2.24) is 0 Å². The van der Waals surface area contributed by atoms with Crippen LogP contribution in [0.4, 0.5) is 4.39 Å². The van der Waals surface area contributed by atoms with Crippen molar-refractivity contribution in [3.8, 4) is 0 Å². The molecule has 0 saturated heterocycles. The van der Waals surface area contributed by atoms with Gasteiger partial charge >= 0.3 is 0 Å². The first-order valence-corrected chi connectivity index (χ1v) is 8.28. The predicted molar refractivity (Wildman–Crippen MR) is 83.2 cm³/mol. The lowest BCUT2D eigenvalue weighted by Crippen LogP contribution is -2.29. The number of rotatable bonds is 3. The van der Waals surface area contributed by atoms with Crippen molar-refractivity contribution in [2.45, 2.75) is 51.3 Å². The van der Waals surface area contributed by atoms with E-state index in [0.717, 1.165) is 23.8 Å². The molecule has 1 aromatic carbocycles. The summed E-state index contributed by atoms with van der Waals surface area (Å²) in [7, 11) is 0. The Kier molecular flexibility index (Phi) is 5.05. The predicted octanol–water partition coefficient (Wildman–Crippen LogP) is 5.51. The molecule has 19 heavy (non-hydrogen) atoms. The van der Waals surface area contributed by atoms with E-state index in [1.165, 1.54) is 24.8 Å². The molecule has 3 unspecified atom stereocenters. The maximum atomic E-state index is 13.2. The van der Waals surface area contributed by atoms with Crippen LogP contribution in [0, 0.1) is 30.5 Å². The van der Waals surface area contributed by atoms with Crippen LogP contribution in [0.3, 0.4) is 0 Å². The average molecular weight is 327 g/mol. The Morgan fingerprint density at radius 1 is 1.32 bits per heavy atom. The van der Waals surface area contributed by atoms with Gasteiger partial charge in [-0.3, -0.25) is 0 Å². The van der Waals surface area contributed by atoms with E-state index in [0.29, 0.717) is 10.7 Å². The Bertz CT molecular complexity index is 427. The molecule has 2 heteroatoms. The summed E-state index contributed by atoms with van der Waals surface area (Å²) in [6.45, 7) is 6.68. The van der Waals surface area contributed by atoms with Gasteiger partial charge < -0.3 is 0 Å². The lowest BCUT2D eigenvalue weighted by molar-refractivity contribution is 0.222. The Morgan fingerprint density at radius 3 is 2.68 bits per heavy atom. The topological polar surface area (TPSA) is 0 Å². The molecule has 0 heterocycles. The molecule has 1 aromatic rings. The van der Waals surface area contributed by atoms with E-state index in [4.69, 9.17) is 0 Å². The fraction of sp³-hybridized carbons (Fsp3) is 0.647. The molecule has 0 aromatic heterocycles. The van der Waals surface area contributed by atoms with Gasteiger partial charge in [0, 0.05) is 4.83 Å². The standard InChI is InChI=1S/C17H24BrF/c1-11(2)13-5-7-17(18)15(9-13)10-14-4-6-16(19)8-12(14)3/h4,6,8,11,13,15,17H,5,7,9-10H2,1-3H3. The molecule has 0 bridgehead atoms. The molecular formula is C17H24BrF. The molecule has 3 atom stereocenters. The largest absolute Gasteiger partial charge is 0.207 e. The van der Waals surface area contributed by atoms with E-state index < -0.39 is 0 Å². The van der Waals surface area contributed by atoms with E-state index >= 15 is 0 Å². The zero-order valence-electron chi connectivity index (χ0n) is 12.1. The number of benzene rings is 1. The Hall–Kier alpha value is -0.370. The summed E-state index contributed by atoms with van der Waals surface area (Å²) < 4.78 is 13.2. The fourth-order valence-corrected chi connectivity index (χ4v) is 3.92. The van der Waals surface area contributed by atoms with Gasteiger partial charge in [0.15, 0.2) is 0 Å². The molecule has 1 fully saturated rings. The van der Waals surface area contributed by atoms with E-state index in [1.807, 2.05) is 13.0 Å². The fourth-order valence-electron chi connectivity index (χ4n) is 3.25. The van der Waals surface area contributed by atoms with Crippen LogP contribution in [0.5, 0.6) is 0 Å². The molecule has 1 aliphatic carbocycles. The molecule has 0 spiro atoms. The number of hydrogen-bond donors (Lipinski definition) is 0. The molecule has 0 aliphatic heterocycles. The highest BCUT2D eigenvalue weighted by molar-refractivity contribution is 9.09. The highest BCUT2D eigenvalue weighted by Crippen LogP contribution is 2.39. The lowest BCUT2D eigenvalue weighted by Gasteiger charge is -2.35. The quantitative estimate of drug-likeness (QED) is 0.642. The number of hydrogen-bond acceptors (Lipinski definition) is 0. The molecule has 0 amide bonds. The van der Waals surface area contributed by atoms with Crippen molar-refractivity contribution in [3.05, 3.63) is 35.1 Å². The number of halogens is 2. The minimum atomic E-state index is -0.125. The summed E-state index contributed by atoms with van der Waals surface area (Å²) in [6, 6.07) is 5.21. The van der Waals surface area contributed by atoms with Gasteiger partial charge in [-0.25, -0.2) is 4.39 Å². The van der Waals surface area contributed by atoms with Gasteiger partial charge in [-0.2, -0.15) is 0 Å². The summed E-state index contributed by atoms with van der Waals surface area (Å²) in [5.41, 5.74) is 2.40. The van der Waals surface area contributed by atoms with Crippen molar-refractivity contribution in [3.63, 3.8) is 0 Å². The normalized spacial score (nSPS) is 27.8. The van der Waals surface area contributed by atoms with Gasteiger partial charge in [0.1, 0.15) is 5.82 Å². The van der Waals surface area contributed by atoms with Crippen LogP contribution in [0.15, 0.2) is 18.2 Å². The second kappa shape index (κ2) is 6.39. The van der Waals surface area contributed by atoms with Crippen LogP contribution in [0.1, 0.15) is 44.2 Å². The number of alkyl halides is 1. The third kappa shape index (κ3) is 3.81. The van der Waals surface area contributed by atoms with Crippen molar-refractivity contribution < 1.29 is 4.39 Å². The summed E-state index contributed by atoms with van der Waals surface area (Å²) in [6.07, 6.45) is 4.98. The van der Waals surface area contributed by atoms with Crippen LogP contribution in [0.2, 0.25) is 0 Å². The van der Waals surface area contributed by atoms with Crippen LogP contribution in [0.25, 0.3) is 0 Å². The van der Waals surface area contributed by atoms with Gasteiger partial charge in [0.05, 0.1) is 0 Å². The minimum Gasteiger partial charge on any atom is -0.207 e. The Morgan fingerprint density at radius 2 is 2.05 bits per heavy atom. The first kappa shape index (κ1) is 15.0. The molecular weight excluding hydrogens is 303 g/mol. The third-order valence-electron chi connectivity index (χ3n) is 4.66. The highest BCUT2D eigenvalue weighted by atomic mass is 79.9. The third-order valence-corrected chi connectivity index (χ3v) is 5.87. The van der Waals surface area contributed by atoms with Gasteiger partial charge in [0.25, 0.3) is 0 Å². The molecule has 1 aliphatic rings. The second-order valence-electron chi connectivity index (χ2n) is 6.37. The van der Waals surface area contributed by atoms with Gasteiger partial charge in [-0.15, -0.1) is 0 Å². The lowest BCUT2D eigenvalue weighted by atomic mass is 9.74. The molecule has 2 rings (SSSR count). The maximum Gasteiger partial charge on any atom is 0.123 e. The van der Waals surface area contributed by atoms with E-state index in [1.54, 1.807) is 12.1 Å². The summed E-state index contributed by atoms with van der Waals surface area (Å²) >= 11 is 3.85. The summed E-state index contributed by atoms with van der Waals surface area (Å²) in [5, 5.41) is 0. The van der Waals surface area contributed by atoms with E-state index in [2.05, 4.69) is 29.8 Å². The summed E-state index contributed by atoms with van der Waals surface area (Å²) in [4.78, 5) is 0.618. The number of aryl methyl sites for hydroxylation is 1. The van der Waals surface area contributed by atoms with Gasteiger partial charge in [-0.05, 0) is 73.6 Å². The minimum absolute atomic E-state index is 0.125. The second-order valence-corrected chi connectivity index (χ2v) is 7.54. The van der Waals surface area contributed by atoms with Crippen LogP contribution >= 0.6 is 15.9 Å². The maximum absolute atomic E-state index is 13.2. The van der Waals surface area contributed by atoms with Gasteiger partial charge in [0.2, 0.25) is 0 Å². The van der Waals surface area contributed by atoms with Crippen molar-refractivity contribution >= 4 is 15.9 Å². The van der Waals surface area contributed by atoms with Crippen molar-refractivity contribution in [2.24, 2.45) is 17.8 Å². The molecule has 0 radical (unpaired) electrons. The monoisotopic (exact) mass is 326 g/mol. The molecule has 0 nitrogen and oxygen atoms in total. The Labute approximate surface area is 124 Å². The van der Waals surface area contributed by atoms with Gasteiger partial charge in [-0.1, -0.05) is 35.8 Å². The zero-order valence-corrected chi connectivity index (χ0v) is 13.7.